The van der Waals surface area contributed by atoms with E-state index in [9.17, 15) is 5.11 Å². The maximum absolute atomic E-state index is 12.4. The first-order valence-corrected chi connectivity index (χ1v) is 5.68. The number of ether oxygens (including phenoxy) is 2. The van der Waals surface area contributed by atoms with E-state index in [0.717, 1.165) is 0 Å². The minimum atomic E-state index is -0.935. The maximum Gasteiger partial charge on any atom is 0.143 e. The van der Waals surface area contributed by atoms with Gasteiger partial charge in [-0.2, -0.15) is 0 Å². The maximum atomic E-state index is 12.4. The predicted molar refractivity (Wildman–Crippen MR) is 68.5 cm³/mol. The van der Waals surface area contributed by atoms with Crippen LogP contribution in [-0.4, -0.2) is 14.2 Å². The number of hydrogen-bond acceptors (Lipinski definition) is 2. The van der Waals surface area contributed by atoms with Gasteiger partial charge in [0.15, 0.2) is 0 Å². The van der Waals surface area contributed by atoms with Crippen LogP contribution in [0.15, 0.2) is 48.5 Å². The molecule has 3 nitrogen and oxygen atoms in total. The van der Waals surface area contributed by atoms with Gasteiger partial charge in [0.25, 0.3) is 0 Å². The summed E-state index contributed by atoms with van der Waals surface area (Å²) in [5.41, 5.74) is 1.37. The van der Waals surface area contributed by atoms with Crippen LogP contribution < -0.4 is 9.47 Å². The molecule has 0 spiro atoms. The highest BCUT2D eigenvalue weighted by molar-refractivity contribution is 5.38. The van der Waals surface area contributed by atoms with Crippen LogP contribution in [0.25, 0.3) is 0 Å². The zero-order valence-corrected chi connectivity index (χ0v) is 10.4. The molecule has 93 valence electrons. The minimum Gasteiger partial charge on any atom is -0.497 e. The van der Waals surface area contributed by atoms with Gasteiger partial charge < -0.3 is 9.47 Å². The van der Waals surface area contributed by atoms with Crippen LogP contribution in [0.5, 0.6) is 11.5 Å². The Balaban J connectivity index is 2.31. The molecule has 0 heterocycles. The first kappa shape index (κ1) is 12.5. The molecule has 0 saturated heterocycles. The van der Waals surface area contributed by atoms with Gasteiger partial charge in [-0.05, 0) is 35.4 Å². The Morgan fingerprint density at radius 1 is 0.833 bits per heavy atom. The molecule has 0 atom stereocenters. The Morgan fingerprint density at radius 2 is 1.28 bits per heavy atom. The van der Waals surface area contributed by atoms with Crippen LogP contribution >= 0.6 is 0 Å². The number of benzene rings is 2. The molecule has 0 bridgehead atoms. The van der Waals surface area contributed by atoms with E-state index in [0.29, 0.717) is 22.6 Å². The molecule has 18 heavy (non-hydrogen) atoms. The fourth-order valence-electron chi connectivity index (χ4n) is 1.80. The van der Waals surface area contributed by atoms with Gasteiger partial charge in [0.2, 0.25) is 0 Å². The van der Waals surface area contributed by atoms with E-state index in [2.05, 4.69) is 0 Å². The third-order valence-corrected chi connectivity index (χ3v) is 2.79. The second-order valence-electron chi connectivity index (χ2n) is 3.93. The van der Waals surface area contributed by atoms with E-state index >= 15 is 0 Å². The van der Waals surface area contributed by atoms with Crippen LogP contribution in [0.2, 0.25) is 0 Å². The monoisotopic (exact) mass is 243 g/mol. The summed E-state index contributed by atoms with van der Waals surface area (Å²) in [6.07, 6.45) is -0.935. The third-order valence-electron chi connectivity index (χ3n) is 2.79. The molecule has 0 fully saturated rings. The Labute approximate surface area is 107 Å². The molecule has 0 N–H and O–H groups in total. The van der Waals surface area contributed by atoms with Gasteiger partial charge in [-0.3, -0.25) is 0 Å². The molecule has 0 aromatic heterocycles. The van der Waals surface area contributed by atoms with Crippen molar-refractivity contribution in [1.29, 1.82) is 0 Å². The van der Waals surface area contributed by atoms with Crippen molar-refractivity contribution < 1.29 is 14.6 Å². The van der Waals surface area contributed by atoms with Crippen molar-refractivity contribution in [1.82, 2.24) is 0 Å². The van der Waals surface area contributed by atoms with Gasteiger partial charge in [0, 0.05) is 0 Å². The van der Waals surface area contributed by atoms with Crippen LogP contribution in [0.3, 0.4) is 0 Å². The second kappa shape index (κ2) is 5.56. The molecule has 0 aliphatic rings. The van der Waals surface area contributed by atoms with Crippen LogP contribution in [0, 0.1) is 0 Å². The van der Waals surface area contributed by atoms with Crippen LogP contribution in [0.4, 0.5) is 0 Å². The fourth-order valence-corrected chi connectivity index (χ4v) is 1.80. The molecule has 1 radical (unpaired) electrons. The Hall–Kier alpha value is -2.00. The second-order valence-corrected chi connectivity index (χ2v) is 3.93. The summed E-state index contributed by atoms with van der Waals surface area (Å²) in [6, 6.07) is 14.4. The van der Waals surface area contributed by atoms with E-state index in [1.807, 2.05) is 24.3 Å². The molecule has 2 rings (SSSR count). The highest BCUT2D eigenvalue weighted by atomic mass is 16.5. The van der Waals surface area contributed by atoms with E-state index in [-0.39, 0.29) is 0 Å². The summed E-state index contributed by atoms with van der Waals surface area (Å²) < 4.78 is 10.2. The highest BCUT2D eigenvalue weighted by Crippen LogP contribution is 2.27. The van der Waals surface area contributed by atoms with E-state index < -0.39 is 6.10 Å². The normalized spacial score (nSPS) is 10.4. The van der Waals surface area contributed by atoms with Gasteiger partial charge in [-0.25, -0.2) is 5.11 Å². The fraction of sp³-hybridized carbons (Fsp3) is 0.200. The van der Waals surface area contributed by atoms with Crippen LogP contribution in [-0.2, 0) is 5.11 Å². The minimum absolute atomic E-state index is 0.683. The molecule has 0 amide bonds. The topological polar surface area (TPSA) is 38.4 Å². The molecule has 2 aromatic rings. The lowest BCUT2D eigenvalue weighted by Gasteiger charge is -2.11. The van der Waals surface area contributed by atoms with Crippen molar-refractivity contribution in [2.45, 2.75) is 6.10 Å². The first-order chi connectivity index (χ1) is 8.74. The van der Waals surface area contributed by atoms with Gasteiger partial charge in [0.1, 0.15) is 17.6 Å². The average Bonchev–Trinajstić information content (AvgIpc) is 2.46. The Bertz CT molecular complexity index is 475. The summed E-state index contributed by atoms with van der Waals surface area (Å²) in [4.78, 5) is 0. The molecular formula is C15H15O3. The standard InChI is InChI=1S/C15H15O3/c1-17-13-7-3-5-11(9-13)15(16)12-6-4-8-14(10-12)18-2/h3-10,15H,1-2H3. The third kappa shape index (κ3) is 2.63. The first-order valence-electron chi connectivity index (χ1n) is 5.68. The van der Waals surface area contributed by atoms with Gasteiger partial charge in [-0.15, -0.1) is 0 Å². The van der Waals surface area contributed by atoms with Crippen molar-refractivity contribution >= 4 is 0 Å². The molecular weight excluding hydrogens is 228 g/mol. The van der Waals surface area contributed by atoms with Crippen molar-refractivity contribution in [3.63, 3.8) is 0 Å². The molecule has 2 aromatic carbocycles. The van der Waals surface area contributed by atoms with Crippen molar-refractivity contribution in [3.8, 4) is 11.5 Å². The lowest BCUT2D eigenvalue weighted by molar-refractivity contribution is 0.124. The lowest BCUT2D eigenvalue weighted by Crippen LogP contribution is -1.99. The smallest absolute Gasteiger partial charge is 0.143 e. The number of hydrogen-bond donors (Lipinski definition) is 0. The summed E-state index contributed by atoms with van der Waals surface area (Å²) in [5.74, 6) is 1.38. The van der Waals surface area contributed by atoms with E-state index in [1.165, 1.54) is 0 Å². The molecule has 0 unspecified atom stereocenters. The predicted octanol–water partition coefficient (Wildman–Crippen LogP) is 3.22. The van der Waals surface area contributed by atoms with E-state index in [1.54, 1.807) is 38.5 Å². The molecule has 0 saturated carbocycles. The quantitative estimate of drug-likeness (QED) is 0.826. The lowest BCUT2D eigenvalue weighted by atomic mass is 10.0. The summed E-state index contributed by atoms with van der Waals surface area (Å²) in [7, 11) is 3.18. The summed E-state index contributed by atoms with van der Waals surface area (Å²) >= 11 is 0. The van der Waals surface area contributed by atoms with E-state index in [4.69, 9.17) is 9.47 Å². The van der Waals surface area contributed by atoms with Gasteiger partial charge in [0.05, 0.1) is 14.2 Å². The zero-order chi connectivity index (χ0) is 13.0. The van der Waals surface area contributed by atoms with Crippen LogP contribution in [0.1, 0.15) is 17.2 Å². The number of rotatable bonds is 4. The SMILES string of the molecule is COc1cccc(C([O])c2cccc(OC)c2)c1. The summed E-state index contributed by atoms with van der Waals surface area (Å²) in [5, 5.41) is 12.4. The van der Waals surface area contributed by atoms with Gasteiger partial charge in [-0.1, -0.05) is 24.3 Å². The van der Waals surface area contributed by atoms with Crippen molar-refractivity contribution in [3.05, 3.63) is 59.7 Å². The Kier molecular flexibility index (Phi) is 3.85. The highest BCUT2D eigenvalue weighted by Gasteiger charge is 2.13. The Morgan fingerprint density at radius 3 is 1.67 bits per heavy atom. The van der Waals surface area contributed by atoms with Gasteiger partial charge >= 0.3 is 0 Å². The largest absolute Gasteiger partial charge is 0.497 e. The van der Waals surface area contributed by atoms with Crippen molar-refractivity contribution in [2.75, 3.05) is 14.2 Å². The molecule has 0 aliphatic heterocycles. The number of methoxy groups -OCH3 is 2. The average molecular weight is 243 g/mol. The summed E-state index contributed by atoms with van der Waals surface area (Å²) in [6.45, 7) is 0. The molecule has 0 aliphatic carbocycles. The van der Waals surface area contributed by atoms with Crippen molar-refractivity contribution in [2.24, 2.45) is 0 Å². The zero-order valence-electron chi connectivity index (χ0n) is 10.4. The molecule has 3 heteroatoms.